The number of hydrogen-bond acceptors (Lipinski definition) is 4. The van der Waals surface area contributed by atoms with Crippen LogP contribution in [-0.2, 0) is 24.9 Å². The fourth-order valence-corrected chi connectivity index (χ4v) is 4.46. The third-order valence-electron chi connectivity index (χ3n) is 5.60. The average Bonchev–Trinajstić information content (AvgIpc) is 3.44. The molecule has 1 aliphatic heterocycles. The van der Waals surface area contributed by atoms with E-state index in [-0.39, 0.29) is 31.6 Å². The molecule has 1 radical (unpaired) electrons. The molecule has 5 aromatic rings. The summed E-state index contributed by atoms with van der Waals surface area (Å²) in [7, 11) is 2.04. The van der Waals surface area contributed by atoms with Crippen LogP contribution >= 0.6 is 0 Å². The van der Waals surface area contributed by atoms with E-state index in [1.54, 1.807) is 0 Å². The molecule has 0 aliphatic carbocycles. The molecule has 0 saturated heterocycles. The van der Waals surface area contributed by atoms with Crippen molar-refractivity contribution in [2.75, 3.05) is 11.9 Å². The normalized spacial score (nSPS) is 13.7. The van der Waals surface area contributed by atoms with Crippen LogP contribution in [0.1, 0.15) is 13.8 Å². The molecular weight excluding hydrogens is 591 g/mol. The van der Waals surface area contributed by atoms with Crippen LogP contribution in [0.5, 0.6) is 0 Å². The summed E-state index contributed by atoms with van der Waals surface area (Å²) in [5.41, 5.74) is 4.85. The molecule has 1 N–H and O–H groups in total. The van der Waals surface area contributed by atoms with Crippen molar-refractivity contribution in [3.8, 4) is 0 Å². The number of para-hydroxylation sites is 2. The van der Waals surface area contributed by atoms with E-state index < -0.39 is 0 Å². The zero-order chi connectivity index (χ0) is 22.4. The van der Waals surface area contributed by atoms with E-state index in [1.165, 1.54) is 58.0 Å². The first-order valence-corrected chi connectivity index (χ1v) is 10.4. The minimum atomic E-state index is -0.125. The Bertz CT molecular complexity index is 1530. The number of aromatic nitrogens is 1. The van der Waals surface area contributed by atoms with Gasteiger partial charge in [-0.2, -0.15) is 24.9 Å². The number of aliphatic hydroxyl groups is 1. The van der Waals surface area contributed by atoms with Gasteiger partial charge in [0.05, 0.1) is 5.76 Å². The quantitative estimate of drug-likeness (QED) is 0.151. The van der Waals surface area contributed by atoms with Crippen LogP contribution in [0, 0.1) is 12.7 Å². The fourth-order valence-electron chi connectivity index (χ4n) is 4.46. The Morgan fingerprint density at radius 3 is 2.24 bits per heavy atom. The van der Waals surface area contributed by atoms with Gasteiger partial charge in [-0.25, -0.2) is 0 Å². The summed E-state index contributed by atoms with van der Waals surface area (Å²) in [4.78, 5) is 14.2. The number of ketones is 1. The number of aliphatic hydroxyl groups excluding tert-OH is 1. The molecule has 0 spiro atoms. The summed E-state index contributed by atoms with van der Waals surface area (Å²) >= 11 is 0. The molecule has 0 bridgehead atoms. The molecule has 6 heteroatoms. The number of fused-ring (bicyclic) bond motifs is 6. The first-order chi connectivity index (χ1) is 15.5. The Labute approximate surface area is 205 Å². The molecule has 5 nitrogen and oxygen atoms in total. The average molecular weight is 614 g/mol. The topological polar surface area (TPSA) is 48.2 Å². The third-order valence-corrected chi connectivity index (χ3v) is 5.60. The molecule has 1 aliphatic rings. The van der Waals surface area contributed by atoms with E-state index >= 15 is 0 Å². The molecule has 0 saturated carbocycles. The SMILES string of the molecule is CC(=O)/C=C(/C)O.CN1C=CN(c2[c-]ccc3c4cccc5c6ccccc6n(c23)c54)[CH-]1.[Ir]. The second kappa shape index (κ2) is 8.89. The maximum atomic E-state index is 10.0. The molecule has 169 valence electrons. The van der Waals surface area contributed by atoms with Crippen LogP contribution < -0.4 is 4.90 Å². The van der Waals surface area contributed by atoms with Gasteiger partial charge in [-0.1, -0.05) is 42.1 Å². The Balaban J connectivity index is 0.000000287. The fraction of sp³-hybridized carbons (Fsp3) is 0.111. The van der Waals surface area contributed by atoms with Crippen molar-refractivity contribution >= 4 is 49.6 Å². The standard InChI is InChI=1S/C22H15N3.C5H8O2.Ir/c1-23-12-13-24(14-23)20-11-5-9-18-17-8-4-7-16-15-6-2-3-10-19(15)25(21(16)17)22(18)20;1-4(6)3-5(2)7;/h2-10,12-14H,1H3;3,6H,1-2H3;/q-2;;/b;4-3-;. The van der Waals surface area contributed by atoms with Crippen molar-refractivity contribution in [1.82, 2.24) is 9.30 Å². The van der Waals surface area contributed by atoms with Crippen LogP contribution in [0.2, 0.25) is 0 Å². The number of benzene rings is 3. The molecule has 0 amide bonds. The van der Waals surface area contributed by atoms with Gasteiger partial charge in [-0.3, -0.25) is 4.79 Å². The number of hydrogen-bond donors (Lipinski definition) is 1. The van der Waals surface area contributed by atoms with E-state index in [0.717, 1.165) is 5.69 Å². The van der Waals surface area contributed by atoms with E-state index in [1.807, 2.05) is 13.1 Å². The molecule has 6 rings (SSSR count). The van der Waals surface area contributed by atoms with Gasteiger partial charge in [0.1, 0.15) is 0 Å². The predicted molar refractivity (Wildman–Crippen MR) is 131 cm³/mol. The summed E-state index contributed by atoms with van der Waals surface area (Å²) < 4.78 is 2.40. The van der Waals surface area contributed by atoms with Gasteiger partial charge in [-0.15, -0.1) is 5.39 Å². The number of allylic oxidation sites excluding steroid dienone is 2. The summed E-state index contributed by atoms with van der Waals surface area (Å²) in [5.74, 6) is -0.0625. The van der Waals surface area contributed by atoms with E-state index in [2.05, 4.69) is 87.9 Å². The van der Waals surface area contributed by atoms with Crippen LogP contribution in [0.25, 0.3) is 38.1 Å². The first kappa shape index (κ1) is 22.8. The van der Waals surface area contributed by atoms with Gasteiger partial charge in [0.15, 0.2) is 5.78 Å². The number of anilines is 1. The second-order valence-electron chi connectivity index (χ2n) is 8.03. The van der Waals surface area contributed by atoms with Gasteiger partial charge in [-0.05, 0) is 50.3 Å². The van der Waals surface area contributed by atoms with Gasteiger partial charge in [0.2, 0.25) is 0 Å². The largest absolute Gasteiger partial charge is 0.512 e. The molecule has 0 atom stereocenters. The number of carbonyl (C=O) groups is 1. The van der Waals surface area contributed by atoms with Gasteiger partial charge < -0.3 is 19.3 Å². The monoisotopic (exact) mass is 614 g/mol. The van der Waals surface area contributed by atoms with Gasteiger partial charge in [0, 0.05) is 48.0 Å². The van der Waals surface area contributed by atoms with Crippen molar-refractivity contribution in [3.63, 3.8) is 0 Å². The Morgan fingerprint density at radius 1 is 0.939 bits per heavy atom. The van der Waals surface area contributed by atoms with Crippen molar-refractivity contribution in [2.45, 2.75) is 13.8 Å². The molecule has 0 fully saturated rings. The van der Waals surface area contributed by atoms with Crippen molar-refractivity contribution in [3.05, 3.63) is 91.6 Å². The maximum absolute atomic E-state index is 10.0. The van der Waals surface area contributed by atoms with Crippen LogP contribution in [0.3, 0.4) is 0 Å². The van der Waals surface area contributed by atoms with Crippen molar-refractivity contribution in [2.24, 2.45) is 0 Å². The molecule has 0 unspecified atom stereocenters. The predicted octanol–water partition coefficient (Wildman–Crippen LogP) is 6.01. The van der Waals surface area contributed by atoms with E-state index in [4.69, 9.17) is 5.11 Å². The zero-order valence-electron chi connectivity index (χ0n) is 18.5. The van der Waals surface area contributed by atoms with Gasteiger partial charge >= 0.3 is 0 Å². The van der Waals surface area contributed by atoms with Crippen LogP contribution in [0.4, 0.5) is 5.69 Å². The number of nitrogens with zero attached hydrogens (tertiary/aromatic N) is 3. The van der Waals surface area contributed by atoms with Crippen LogP contribution in [-0.4, -0.2) is 27.2 Å². The smallest absolute Gasteiger partial charge is 0.155 e. The maximum Gasteiger partial charge on any atom is 0.155 e. The van der Waals surface area contributed by atoms with Crippen LogP contribution in [0.15, 0.2) is 78.8 Å². The summed E-state index contributed by atoms with van der Waals surface area (Å²) in [5, 5.41) is 13.6. The minimum Gasteiger partial charge on any atom is -0.512 e. The number of carbonyl (C=O) groups excluding carboxylic acids is 1. The summed E-state index contributed by atoms with van der Waals surface area (Å²) in [6, 6.07) is 22.9. The molecule has 2 aromatic heterocycles. The molecule has 3 heterocycles. The Morgan fingerprint density at radius 2 is 1.61 bits per heavy atom. The second-order valence-corrected chi connectivity index (χ2v) is 8.03. The van der Waals surface area contributed by atoms with E-state index in [0.29, 0.717) is 0 Å². The first-order valence-electron chi connectivity index (χ1n) is 10.4. The summed E-state index contributed by atoms with van der Waals surface area (Å²) in [6.45, 7) is 4.93. The molecular formula is C27H23IrN3O2-2. The van der Waals surface area contributed by atoms with Crippen molar-refractivity contribution < 1.29 is 30.0 Å². The minimum absolute atomic E-state index is 0. The molecule has 3 aromatic carbocycles. The number of rotatable bonds is 2. The van der Waals surface area contributed by atoms with E-state index in [9.17, 15) is 4.79 Å². The third kappa shape index (κ3) is 3.86. The molecule has 33 heavy (non-hydrogen) atoms. The Hall–Kier alpha value is -3.34. The van der Waals surface area contributed by atoms with Gasteiger partial charge in [0.25, 0.3) is 0 Å². The van der Waals surface area contributed by atoms with Crippen molar-refractivity contribution in [1.29, 1.82) is 0 Å². The zero-order valence-corrected chi connectivity index (χ0v) is 20.9. The summed E-state index contributed by atoms with van der Waals surface area (Å²) in [6.07, 6.45) is 5.30. The Kier molecular flexibility index (Phi) is 6.15.